The molecule has 1 aliphatic carbocycles. The summed E-state index contributed by atoms with van der Waals surface area (Å²) in [5.74, 6) is 0. The van der Waals surface area contributed by atoms with Crippen LogP contribution in [0.1, 0.15) is 6.42 Å². The maximum atomic E-state index is 2.16. The summed E-state index contributed by atoms with van der Waals surface area (Å²) in [4.78, 5) is 0. The molecule has 0 fully saturated rings. The van der Waals surface area contributed by atoms with E-state index in [4.69, 9.17) is 0 Å². The Morgan fingerprint density at radius 3 is 2.43 bits per heavy atom. The minimum absolute atomic E-state index is 0. The van der Waals surface area contributed by atoms with Crippen LogP contribution in [0, 0.1) is 0 Å². The summed E-state index contributed by atoms with van der Waals surface area (Å²) in [5, 5.41) is 0. The van der Waals surface area contributed by atoms with Gasteiger partial charge in [0.2, 0.25) is 0 Å². The predicted molar refractivity (Wildman–Crippen MR) is 37.3 cm³/mol. The van der Waals surface area contributed by atoms with Crippen LogP contribution in [0.4, 0.5) is 0 Å². The van der Waals surface area contributed by atoms with Crippen LogP contribution in [0.3, 0.4) is 0 Å². The molecule has 1 aliphatic rings. The zero-order chi connectivity index (χ0) is 4.41. The molecular weight excluding hydrogens is 379 g/mol. The number of rotatable bonds is 0. The maximum absolute atomic E-state index is 2.16. The van der Waals surface area contributed by atoms with E-state index >= 15 is 0 Å². The Morgan fingerprint density at radius 1 is 1.57 bits per heavy atom. The molecule has 0 unspecified atom stereocenters. The number of halogens is 1. The first kappa shape index (κ1) is 7.86. The molecule has 1 rings (SSSR count). The van der Waals surface area contributed by atoms with Gasteiger partial charge < -0.3 is 0 Å². The van der Waals surface area contributed by atoms with Crippen molar-refractivity contribution in [2.75, 3.05) is 0 Å². The van der Waals surface area contributed by atoms with Gasteiger partial charge in [-0.15, -0.1) is 24.0 Å². The third-order valence-electron chi connectivity index (χ3n) is 0.709. The van der Waals surface area contributed by atoms with E-state index < -0.39 is 0 Å². The fourth-order valence-corrected chi connectivity index (χ4v) is 0.924. The summed E-state index contributed by atoms with van der Waals surface area (Å²) in [7, 11) is 0. The molecule has 0 radical (unpaired) electrons. The molecule has 0 atom stereocenters. The minimum atomic E-state index is 0. The first-order chi connectivity index (χ1) is 2.89. The van der Waals surface area contributed by atoms with Crippen molar-refractivity contribution in [1.82, 2.24) is 0 Å². The molecule has 0 N–H and O–H groups in total. The third kappa shape index (κ3) is 2.62. The van der Waals surface area contributed by atoms with Gasteiger partial charge in [-0.25, -0.2) is 0 Å². The Morgan fingerprint density at radius 2 is 2.29 bits per heavy atom. The fraction of sp³-hybridized carbons (Fsp3) is 0.200. The van der Waals surface area contributed by atoms with Crippen molar-refractivity contribution < 1.29 is 18.9 Å². The van der Waals surface area contributed by atoms with E-state index in [0.717, 1.165) is 0 Å². The fourth-order valence-electron chi connectivity index (χ4n) is 0.412. The van der Waals surface area contributed by atoms with Crippen LogP contribution in [0.25, 0.3) is 0 Å². The molecular formula is C5H6IIr. The molecule has 0 nitrogen and oxygen atoms in total. The second-order valence-electron chi connectivity index (χ2n) is 1.22. The van der Waals surface area contributed by atoms with Crippen LogP contribution in [-0.2, 0) is 18.9 Å². The molecule has 0 aliphatic heterocycles. The van der Waals surface area contributed by atoms with Crippen molar-refractivity contribution in [3.05, 3.63) is 22.3 Å². The second kappa shape index (κ2) is 3.81. The standard InChI is InChI=1S/C5H5.HI.Ir/c1-2-4-5-3-1;;/h1-3H,4H2;1H;. The monoisotopic (exact) mass is 386 g/mol. The normalized spacial score (nSPS) is 16.0. The summed E-state index contributed by atoms with van der Waals surface area (Å²) in [6, 6.07) is 0. The average Bonchev–Trinajstić information content (AvgIpc) is 1.86. The van der Waals surface area contributed by atoms with Gasteiger partial charge in [-0.1, -0.05) is 0 Å². The quantitative estimate of drug-likeness (QED) is 0.560. The third-order valence-corrected chi connectivity index (χ3v) is 1.60. The van der Waals surface area contributed by atoms with Gasteiger partial charge in [0.25, 0.3) is 0 Å². The van der Waals surface area contributed by atoms with Crippen molar-refractivity contribution in [3.8, 4) is 0 Å². The van der Waals surface area contributed by atoms with E-state index in [-0.39, 0.29) is 24.0 Å². The van der Waals surface area contributed by atoms with E-state index in [9.17, 15) is 0 Å². The van der Waals surface area contributed by atoms with Crippen molar-refractivity contribution in [2.45, 2.75) is 6.42 Å². The molecule has 7 heavy (non-hydrogen) atoms. The molecule has 0 saturated heterocycles. The molecule has 2 heteroatoms. The Balaban J connectivity index is 0.000000360. The van der Waals surface area contributed by atoms with Gasteiger partial charge >= 0.3 is 47.6 Å². The molecule has 0 bridgehead atoms. The second-order valence-corrected chi connectivity index (χ2v) is 2.76. The summed E-state index contributed by atoms with van der Waals surface area (Å²) in [6.45, 7) is 0. The van der Waals surface area contributed by atoms with Gasteiger partial charge in [0.05, 0.1) is 0 Å². The van der Waals surface area contributed by atoms with Gasteiger partial charge in [-0.2, -0.15) is 0 Å². The van der Waals surface area contributed by atoms with Gasteiger partial charge in [0.1, 0.15) is 0 Å². The number of hydrogen-bond acceptors (Lipinski definition) is 0. The Kier molecular flexibility index (Phi) is 4.28. The van der Waals surface area contributed by atoms with Crippen molar-refractivity contribution in [2.24, 2.45) is 0 Å². The van der Waals surface area contributed by atoms with Gasteiger partial charge in [0.15, 0.2) is 0 Å². The Bertz CT molecular complexity index is 105. The van der Waals surface area contributed by atoms with Crippen molar-refractivity contribution >= 4 is 24.0 Å². The number of hydrogen-bond donors (Lipinski definition) is 0. The Labute approximate surface area is 71.2 Å². The molecule has 0 amide bonds. The van der Waals surface area contributed by atoms with Crippen LogP contribution in [0.15, 0.2) is 22.3 Å². The summed E-state index contributed by atoms with van der Waals surface area (Å²) < 4.78 is 1.47. The number of allylic oxidation sites excluding steroid dienone is 4. The van der Waals surface area contributed by atoms with Crippen LogP contribution in [0.5, 0.6) is 0 Å². The molecule has 0 aromatic carbocycles. The van der Waals surface area contributed by atoms with Crippen LogP contribution >= 0.6 is 24.0 Å². The van der Waals surface area contributed by atoms with Gasteiger partial charge in [-0.3, -0.25) is 0 Å². The average molecular weight is 385 g/mol. The van der Waals surface area contributed by atoms with E-state index in [0.29, 0.717) is 0 Å². The summed E-state index contributed by atoms with van der Waals surface area (Å²) in [6.07, 6.45) is 7.56. The van der Waals surface area contributed by atoms with Gasteiger partial charge in [0, 0.05) is 0 Å². The molecule has 0 heterocycles. The zero-order valence-corrected chi connectivity index (χ0v) is 8.41. The van der Waals surface area contributed by atoms with E-state index in [2.05, 4.69) is 37.1 Å². The Hall–Kier alpha value is 0.859. The molecule has 42 valence electrons. The van der Waals surface area contributed by atoms with E-state index in [1.807, 2.05) is 0 Å². The first-order valence-corrected chi connectivity index (χ1v) is 3.08. The van der Waals surface area contributed by atoms with Crippen molar-refractivity contribution in [1.29, 1.82) is 0 Å². The molecule has 0 aromatic heterocycles. The predicted octanol–water partition coefficient (Wildman–Crippen LogP) is 1.99. The van der Waals surface area contributed by atoms with E-state index in [1.54, 1.807) is 0 Å². The first-order valence-electron chi connectivity index (χ1n) is 1.88. The van der Waals surface area contributed by atoms with Crippen molar-refractivity contribution in [3.63, 3.8) is 0 Å². The van der Waals surface area contributed by atoms with Crippen LogP contribution < -0.4 is 0 Å². The molecule has 0 saturated carbocycles. The molecule has 0 aromatic rings. The van der Waals surface area contributed by atoms with E-state index in [1.165, 1.54) is 10.5 Å². The van der Waals surface area contributed by atoms with Crippen LogP contribution in [0.2, 0.25) is 0 Å². The molecule has 0 spiro atoms. The summed E-state index contributed by atoms with van der Waals surface area (Å²) >= 11 is 2.14. The topological polar surface area (TPSA) is 0 Å². The SMILES string of the molecule is I.[Ir][C]1=CC=CC1. The van der Waals surface area contributed by atoms with Gasteiger partial charge in [-0.05, 0) is 0 Å². The zero-order valence-electron chi connectivity index (χ0n) is 3.68. The van der Waals surface area contributed by atoms with Crippen LogP contribution in [-0.4, -0.2) is 0 Å². The summed E-state index contributed by atoms with van der Waals surface area (Å²) in [5.41, 5.74) is 0.